The number of nitrogens with zero attached hydrogens (tertiary/aromatic N) is 1. The Morgan fingerprint density at radius 1 is 1.32 bits per heavy atom. The minimum Gasteiger partial charge on any atom is -0.465 e. The molecule has 160 valence electrons. The summed E-state index contributed by atoms with van der Waals surface area (Å²) in [5.74, 6) is 1.22. The number of ether oxygens (including phenoxy) is 2. The average Bonchev–Trinajstić information content (AvgIpc) is 3.12. The Morgan fingerprint density at radius 2 is 2.10 bits per heavy atom. The summed E-state index contributed by atoms with van der Waals surface area (Å²) in [6.07, 6.45) is 8.76. The van der Waals surface area contributed by atoms with E-state index in [2.05, 4.69) is 61.7 Å². The van der Waals surface area contributed by atoms with Crippen LogP contribution in [0.4, 0.5) is 5.69 Å². The first-order chi connectivity index (χ1) is 15.0. The van der Waals surface area contributed by atoms with E-state index in [0.29, 0.717) is 5.57 Å². The largest absolute Gasteiger partial charge is 0.465 e. The standard InChI is InChI=1S/C26H27NO3S/c1-6-10-18-14-20(26(28)29-5)17(4)25-24(18)16(3)13-19(30-25)15-23-27(7-2)21-11-8-9-12-22(21)31-23/h6,8-9,11-15,18H,1,7,10H2,2-5H3. The summed E-state index contributed by atoms with van der Waals surface area (Å²) in [4.78, 5) is 15.9. The van der Waals surface area contributed by atoms with E-state index in [4.69, 9.17) is 9.47 Å². The van der Waals surface area contributed by atoms with Crippen LogP contribution in [0.3, 0.4) is 0 Å². The Morgan fingerprint density at radius 3 is 2.81 bits per heavy atom. The van der Waals surface area contributed by atoms with Gasteiger partial charge in [0.2, 0.25) is 0 Å². The molecule has 0 fully saturated rings. The molecule has 0 saturated heterocycles. The maximum absolute atomic E-state index is 12.4. The highest BCUT2D eigenvalue weighted by Crippen LogP contribution is 2.47. The number of anilines is 1. The molecule has 0 N–H and O–H groups in total. The van der Waals surface area contributed by atoms with Crippen LogP contribution in [0.2, 0.25) is 0 Å². The van der Waals surface area contributed by atoms with Gasteiger partial charge in [0.05, 0.1) is 23.4 Å². The van der Waals surface area contributed by atoms with Crippen molar-refractivity contribution in [3.63, 3.8) is 0 Å². The van der Waals surface area contributed by atoms with Crippen molar-refractivity contribution in [1.82, 2.24) is 0 Å². The summed E-state index contributed by atoms with van der Waals surface area (Å²) >= 11 is 1.75. The van der Waals surface area contributed by atoms with Crippen molar-refractivity contribution >= 4 is 23.4 Å². The number of thioether (sulfide) groups is 1. The first-order valence-corrected chi connectivity index (χ1v) is 11.3. The minimum atomic E-state index is -0.340. The number of benzene rings is 1. The average molecular weight is 434 g/mol. The third-order valence-corrected chi connectivity index (χ3v) is 6.89. The number of rotatable bonds is 5. The van der Waals surface area contributed by atoms with E-state index in [9.17, 15) is 4.79 Å². The summed E-state index contributed by atoms with van der Waals surface area (Å²) < 4.78 is 11.4. The van der Waals surface area contributed by atoms with Gasteiger partial charge in [0.15, 0.2) is 0 Å². The molecular weight excluding hydrogens is 406 g/mol. The van der Waals surface area contributed by atoms with Gasteiger partial charge in [-0.3, -0.25) is 0 Å². The summed E-state index contributed by atoms with van der Waals surface area (Å²) in [7, 11) is 1.41. The molecule has 3 aliphatic rings. The number of esters is 1. The van der Waals surface area contributed by atoms with Crippen molar-refractivity contribution in [2.75, 3.05) is 18.6 Å². The Bertz CT molecular complexity index is 1100. The molecule has 1 unspecified atom stereocenters. The van der Waals surface area contributed by atoms with Gasteiger partial charge in [0.25, 0.3) is 0 Å². The van der Waals surface area contributed by atoms with Crippen molar-refractivity contribution in [3.8, 4) is 0 Å². The van der Waals surface area contributed by atoms with Gasteiger partial charge in [-0.2, -0.15) is 0 Å². The molecule has 0 amide bonds. The smallest absolute Gasteiger partial charge is 0.337 e. The fourth-order valence-corrected chi connectivity index (χ4v) is 5.49. The van der Waals surface area contributed by atoms with Crippen molar-refractivity contribution in [2.24, 2.45) is 5.92 Å². The van der Waals surface area contributed by atoms with Crippen molar-refractivity contribution < 1.29 is 14.3 Å². The Labute approximate surface area is 188 Å². The van der Waals surface area contributed by atoms with Gasteiger partial charge in [0.1, 0.15) is 11.5 Å². The predicted octanol–water partition coefficient (Wildman–Crippen LogP) is 6.27. The summed E-state index contributed by atoms with van der Waals surface area (Å²) in [6.45, 7) is 10.9. The van der Waals surface area contributed by atoms with Crippen LogP contribution in [0.1, 0.15) is 27.2 Å². The fraction of sp³-hybridized carbons (Fsp3) is 0.269. The van der Waals surface area contributed by atoms with Crippen LogP contribution in [0.15, 0.2) is 98.9 Å². The van der Waals surface area contributed by atoms with Crippen molar-refractivity contribution in [3.05, 3.63) is 94.0 Å². The minimum absolute atomic E-state index is 0.0352. The summed E-state index contributed by atoms with van der Waals surface area (Å²) in [6, 6.07) is 8.42. The van der Waals surface area contributed by atoms with Crippen molar-refractivity contribution in [2.45, 2.75) is 32.1 Å². The molecule has 1 atom stereocenters. The van der Waals surface area contributed by atoms with Gasteiger partial charge in [-0.15, -0.1) is 6.58 Å². The van der Waals surface area contributed by atoms with E-state index in [1.54, 1.807) is 11.8 Å². The van der Waals surface area contributed by atoms with Crippen molar-refractivity contribution in [1.29, 1.82) is 0 Å². The molecule has 2 aliphatic heterocycles. The number of methoxy groups -OCH3 is 1. The number of fused-ring (bicyclic) bond motifs is 2. The third-order valence-electron chi connectivity index (χ3n) is 5.78. The van der Waals surface area contributed by atoms with Gasteiger partial charge in [-0.25, -0.2) is 4.79 Å². The van der Waals surface area contributed by atoms with Gasteiger partial charge in [-0.1, -0.05) is 36.0 Å². The second kappa shape index (κ2) is 8.67. The zero-order chi connectivity index (χ0) is 22.1. The normalized spacial score (nSPS) is 21.4. The van der Waals surface area contributed by atoms with Gasteiger partial charge >= 0.3 is 5.97 Å². The van der Waals surface area contributed by atoms with E-state index in [1.807, 2.05) is 19.1 Å². The number of para-hydroxylation sites is 1. The molecule has 0 spiro atoms. The monoisotopic (exact) mass is 433 g/mol. The topological polar surface area (TPSA) is 38.8 Å². The van der Waals surface area contributed by atoms with Gasteiger partial charge < -0.3 is 14.4 Å². The van der Waals surface area contributed by atoms with Gasteiger partial charge in [-0.05, 0) is 51.0 Å². The van der Waals surface area contributed by atoms with Crippen LogP contribution in [0, 0.1) is 5.92 Å². The zero-order valence-corrected chi connectivity index (χ0v) is 19.2. The Hall–Kier alpha value is -2.92. The third kappa shape index (κ3) is 3.79. The molecule has 0 bridgehead atoms. The van der Waals surface area contributed by atoms with E-state index in [-0.39, 0.29) is 11.9 Å². The molecule has 2 heterocycles. The van der Waals surface area contributed by atoms with Crippen LogP contribution in [0.5, 0.6) is 0 Å². The molecule has 4 rings (SSSR count). The highest BCUT2D eigenvalue weighted by atomic mass is 32.2. The first kappa shape index (κ1) is 21.3. The lowest BCUT2D eigenvalue weighted by atomic mass is 9.80. The number of hydrogen-bond donors (Lipinski definition) is 0. The molecule has 31 heavy (non-hydrogen) atoms. The van der Waals surface area contributed by atoms with Crippen LogP contribution in [-0.2, 0) is 14.3 Å². The molecule has 0 saturated carbocycles. The number of carbonyl (C=O) groups is 1. The Balaban J connectivity index is 1.75. The maximum Gasteiger partial charge on any atom is 0.337 e. The molecule has 0 aromatic heterocycles. The van der Waals surface area contributed by atoms with E-state index < -0.39 is 0 Å². The quantitative estimate of drug-likeness (QED) is 0.404. The fourth-order valence-electron chi connectivity index (χ4n) is 4.32. The number of allylic oxidation sites excluding steroid dienone is 6. The highest BCUT2D eigenvalue weighted by Gasteiger charge is 2.33. The summed E-state index contributed by atoms with van der Waals surface area (Å²) in [5.41, 5.74) is 4.85. The second-order valence-electron chi connectivity index (χ2n) is 7.70. The highest BCUT2D eigenvalue weighted by molar-refractivity contribution is 8.03. The Kier molecular flexibility index (Phi) is 5.96. The molecule has 1 aliphatic carbocycles. The molecule has 1 aromatic carbocycles. The summed E-state index contributed by atoms with van der Waals surface area (Å²) in [5, 5.41) is 1.13. The van der Waals surface area contributed by atoms with Crippen LogP contribution < -0.4 is 4.90 Å². The van der Waals surface area contributed by atoms with E-state index in [1.165, 1.54) is 17.7 Å². The van der Waals surface area contributed by atoms with Crippen LogP contribution in [-0.4, -0.2) is 19.6 Å². The maximum atomic E-state index is 12.4. The lowest BCUT2D eigenvalue weighted by Gasteiger charge is -2.31. The molecule has 1 aromatic rings. The molecular formula is C26H27NO3S. The number of hydrogen-bond acceptors (Lipinski definition) is 5. The lowest BCUT2D eigenvalue weighted by Crippen LogP contribution is -2.22. The number of carbonyl (C=O) groups excluding carboxylic acids is 1. The van der Waals surface area contributed by atoms with E-state index in [0.717, 1.165) is 46.2 Å². The zero-order valence-electron chi connectivity index (χ0n) is 18.4. The predicted molar refractivity (Wildman–Crippen MR) is 126 cm³/mol. The van der Waals surface area contributed by atoms with Gasteiger partial charge in [0, 0.05) is 34.6 Å². The van der Waals surface area contributed by atoms with E-state index >= 15 is 0 Å². The molecule has 5 heteroatoms. The molecule has 0 radical (unpaired) electrons. The SMILES string of the molecule is C=CCC1C=C(C(=O)OC)C(C)=C2OC(C=C3Sc4ccccc4N3CC)=CC(C)=C21. The van der Waals surface area contributed by atoms with Crippen LogP contribution >= 0.6 is 11.8 Å². The lowest BCUT2D eigenvalue weighted by molar-refractivity contribution is -0.135. The first-order valence-electron chi connectivity index (χ1n) is 10.5. The van der Waals surface area contributed by atoms with Crippen LogP contribution in [0.25, 0.3) is 0 Å². The molecule has 4 nitrogen and oxygen atoms in total. The second-order valence-corrected chi connectivity index (χ2v) is 8.76.